The van der Waals surface area contributed by atoms with Crippen LogP contribution < -0.4 is 5.32 Å². The van der Waals surface area contributed by atoms with Gasteiger partial charge in [0.15, 0.2) is 0 Å². The molecular weight excluding hydrogens is 252 g/mol. The van der Waals surface area contributed by atoms with E-state index in [1.807, 2.05) is 38.1 Å². The zero-order valence-electron chi connectivity index (χ0n) is 11.7. The Morgan fingerprint density at radius 3 is 2.45 bits per heavy atom. The molecule has 0 fully saturated rings. The summed E-state index contributed by atoms with van der Waals surface area (Å²) in [6.45, 7) is 3.81. The van der Waals surface area contributed by atoms with Crippen LogP contribution in [0.25, 0.3) is 11.3 Å². The van der Waals surface area contributed by atoms with Crippen LogP contribution in [0, 0.1) is 13.8 Å². The second kappa shape index (κ2) is 6.06. The number of carbonyl (C=O) groups is 1. The standard InChI is InChI=1S/C15H16N4O/c1-10-14(8-16-3)15(19-11(2)18-10)12-4-6-13(7-5-12)17-9-20/h4-9H,1-3H3,(H,17,20). The number of benzene rings is 1. The van der Waals surface area contributed by atoms with Gasteiger partial charge in [0, 0.05) is 30.1 Å². The summed E-state index contributed by atoms with van der Waals surface area (Å²) in [5.74, 6) is 0.723. The molecule has 102 valence electrons. The van der Waals surface area contributed by atoms with E-state index in [1.165, 1.54) is 0 Å². The maximum atomic E-state index is 10.4. The molecule has 0 atom stereocenters. The van der Waals surface area contributed by atoms with E-state index in [0.29, 0.717) is 6.41 Å². The monoisotopic (exact) mass is 268 g/mol. The first kappa shape index (κ1) is 13.9. The minimum atomic E-state index is 0.656. The van der Waals surface area contributed by atoms with Crippen molar-refractivity contribution in [2.45, 2.75) is 13.8 Å². The lowest BCUT2D eigenvalue weighted by Crippen LogP contribution is -2.02. The molecule has 0 saturated heterocycles. The Labute approximate surface area is 117 Å². The Morgan fingerprint density at radius 2 is 1.85 bits per heavy atom. The van der Waals surface area contributed by atoms with Crippen LogP contribution in [-0.2, 0) is 4.79 Å². The first-order valence-corrected chi connectivity index (χ1v) is 6.23. The zero-order chi connectivity index (χ0) is 14.5. The molecule has 0 bridgehead atoms. The van der Waals surface area contributed by atoms with Crippen molar-refractivity contribution in [2.75, 3.05) is 12.4 Å². The maximum absolute atomic E-state index is 10.4. The number of hydrogen-bond acceptors (Lipinski definition) is 4. The molecule has 0 aliphatic carbocycles. The van der Waals surface area contributed by atoms with Crippen molar-refractivity contribution in [1.29, 1.82) is 0 Å². The quantitative estimate of drug-likeness (QED) is 0.683. The van der Waals surface area contributed by atoms with E-state index in [2.05, 4.69) is 20.3 Å². The van der Waals surface area contributed by atoms with Gasteiger partial charge in [-0.15, -0.1) is 0 Å². The van der Waals surface area contributed by atoms with Gasteiger partial charge in [0.1, 0.15) is 5.82 Å². The molecule has 0 unspecified atom stereocenters. The van der Waals surface area contributed by atoms with Gasteiger partial charge in [0.25, 0.3) is 0 Å². The van der Waals surface area contributed by atoms with E-state index in [4.69, 9.17) is 0 Å². The number of aryl methyl sites for hydroxylation is 2. The number of nitrogens with one attached hydrogen (secondary N) is 1. The van der Waals surface area contributed by atoms with E-state index in [0.717, 1.165) is 34.0 Å². The highest BCUT2D eigenvalue weighted by atomic mass is 16.1. The van der Waals surface area contributed by atoms with E-state index in [1.54, 1.807) is 13.3 Å². The number of carbonyl (C=O) groups excluding carboxylic acids is 1. The lowest BCUT2D eigenvalue weighted by molar-refractivity contribution is -0.105. The van der Waals surface area contributed by atoms with Gasteiger partial charge in [0.2, 0.25) is 6.41 Å². The van der Waals surface area contributed by atoms with Gasteiger partial charge in [0.05, 0.1) is 11.4 Å². The number of amides is 1. The van der Waals surface area contributed by atoms with Gasteiger partial charge in [-0.1, -0.05) is 12.1 Å². The van der Waals surface area contributed by atoms with Gasteiger partial charge in [-0.2, -0.15) is 0 Å². The van der Waals surface area contributed by atoms with Crippen LogP contribution in [-0.4, -0.2) is 29.6 Å². The summed E-state index contributed by atoms with van der Waals surface area (Å²) in [4.78, 5) is 23.3. The maximum Gasteiger partial charge on any atom is 0.211 e. The van der Waals surface area contributed by atoms with Gasteiger partial charge >= 0.3 is 0 Å². The van der Waals surface area contributed by atoms with Crippen LogP contribution >= 0.6 is 0 Å². The molecule has 0 saturated carbocycles. The van der Waals surface area contributed by atoms with Gasteiger partial charge in [-0.05, 0) is 26.0 Å². The number of anilines is 1. The average molecular weight is 268 g/mol. The van der Waals surface area contributed by atoms with E-state index in [-0.39, 0.29) is 0 Å². The second-order valence-corrected chi connectivity index (χ2v) is 4.35. The summed E-state index contributed by atoms with van der Waals surface area (Å²) in [7, 11) is 1.72. The highest BCUT2D eigenvalue weighted by Gasteiger charge is 2.10. The van der Waals surface area contributed by atoms with Crippen LogP contribution in [0.2, 0.25) is 0 Å². The van der Waals surface area contributed by atoms with E-state index >= 15 is 0 Å². The van der Waals surface area contributed by atoms with Crippen LogP contribution in [0.15, 0.2) is 29.3 Å². The number of rotatable bonds is 4. The molecule has 2 aromatic rings. The Balaban J connectivity index is 2.53. The normalized spacial score (nSPS) is 10.8. The third-order valence-electron chi connectivity index (χ3n) is 2.89. The molecule has 1 N–H and O–H groups in total. The fourth-order valence-electron chi connectivity index (χ4n) is 2.02. The Hall–Kier alpha value is -2.56. The van der Waals surface area contributed by atoms with Crippen LogP contribution in [0.3, 0.4) is 0 Å². The highest BCUT2D eigenvalue weighted by molar-refractivity contribution is 5.90. The summed E-state index contributed by atoms with van der Waals surface area (Å²) in [6, 6.07) is 7.51. The van der Waals surface area contributed by atoms with Crippen LogP contribution in [0.5, 0.6) is 0 Å². The molecule has 1 heterocycles. The van der Waals surface area contributed by atoms with Crippen molar-refractivity contribution in [3.05, 3.63) is 41.3 Å². The van der Waals surface area contributed by atoms with Gasteiger partial charge < -0.3 is 5.32 Å². The third-order valence-corrected chi connectivity index (χ3v) is 2.89. The van der Waals surface area contributed by atoms with Crippen molar-refractivity contribution in [3.8, 4) is 11.3 Å². The topological polar surface area (TPSA) is 67.2 Å². The van der Waals surface area contributed by atoms with Crippen molar-refractivity contribution in [3.63, 3.8) is 0 Å². The van der Waals surface area contributed by atoms with Crippen LogP contribution in [0.4, 0.5) is 5.69 Å². The van der Waals surface area contributed by atoms with E-state index < -0.39 is 0 Å². The van der Waals surface area contributed by atoms with Crippen molar-refractivity contribution in [1.82, 2.24) is 9.97 Å². The van der Waals surface area contributed by atoms with Gasteiger partial charge in [-0.25, -0.2) is 9.97 Å². The van der Waals surface area contributed by atoms with Crippen molar-refractivity contribution >= 4 is 18.3 Å². The summed E-state index contributed by atoms with van der Waals surface area (Å²) in [5, 5.41) is 2.61. The molecule has 0 aliphatic heterocycles. The Bertz CT molecular complexity index is 648. The molecule has 1 aromatic heterocycles. The number of nitrogens with zero attached hydrogens (tertiary/aromatic N) is 3. The van der Waals surface area contributed by atoms with Gasteiger partial charge in [-0.3, -0.25) is 9.79 Å². The smallest absolute Gasteiger partial charge is 0.211 e. The predicted octanol–water partition coefficient (Wildman–Crippen LogP) is 2.38. The molecule has 0 radical (unpaired) electrons. The SMILES string of the molecule is CN=Cc1c(C)nc(C)nc1-c1ccc(NC=O)cc1. The number of aromatic nitrogens is 2. The minimum Gasteiger partial charge on any atom is -0.329 e. The second-order valence-electron chi connectivity index (χ2n) is 4.35. The van der Waals surface area contributed by atoms with Crippen molar-refractivity contribution < 1.29 is 4.79 Å². The molecule has 20 heavy (non-hydrogen) atoms. The fourth-order valence-corrected chi connectivity index (χ4v) is 2.02. The summed E-state index contributed by atoms with van der Waals surface area (Å²) in [5.41, 5.74) is 4.36. The first-order valence-electron chi connectivity index (χ1n) is 6.23. The Kier molecular flexibility index (Phi) is 4.20. The lowest BCUT2D eigenvalue weighted by Gasteiger charge is -2.09. The minimum absolute atomic E-state index is 0.656. The molecule has 0 spiro atoms. The molecule has 0 aliphatic rings. The molecule has 1 amide bonds. The number of hydrogen-bond donors (Lipinski definition) is 1. The molecule has 5 nitrogen and oxygen atoms in total. The Morgan fingerprint density at radius 1 is 1.15 bits per heavy atom. The van der Waals surface area contributed by atoms with Crippen LogP contribution in [0.1, 0.15) is 17.1 Å². The molecule has 2 rings (SSSR count). The lowest BCUT2D eigenvalue weighted by atomic mass is 10.0. The molecular formula is C15H16N4O. The summed E-state index contributed by atoms with van der Waals surface area (Å²) in [6.07, 6.45) is 2.42. The summed E-state index contributed by atoms with van der Waals surface area (Å²) >= 11 is 0. The number of aliphatic imine (C=N–C) groups is 1. The molecule has 5 heteroatoms. The summed E-state index contributed by atoms with van der Waals surface area (Å²) < 4.78 is 0. The first-order chi connectivity index (χ1) is 9.65. The molecule has 1 aromatic carbocycles. The van der Waals surface area contributed by atoms with E-state index in [9.17, 15) is 4.79 Å². The third kappa shape index (κ3) is 2.88. The highest BCUT2D eigenvalue weighted by Crippen LogP contribution is 2.24. The average Bonchev–Trinajstić information content (AvgIpc) is 2.43. The fraction of sp³-hybridized carbons (Fsp3) is 0.200. The largest absolute Gasteiger partial charge is 0.329 e. The van der Waals surface area contributed by atoms with Crippen molar-refractivity contribution in [2.24, 2.45) is 4.99 Å². The predicted molar refractivity (Wildman–Crippen MR) is 80.1 cm³/mol. The zero-order valence-corrected chi connectivity index (χ0v) is 11.7.